The van der Waals surface area contributed by atoms with Crippen molar-refractivity contribution in [1.29, 1.82) is 0 Å². The number of carbonyl (C=O) groups is 2. The van der Waals surface area contributed by atoms with Gasteiger partial charge >= 0.3 is 12.0 Å². The average Bonchev–Trinajstić information content (AvgIpc) is 3.15. The van der Waals surface area contributed by atoms with Gasteiger partial charge in [0.25, 0.3) is 0 Å². The highest BCUT2D eigenvalue weighted by atomic mass is 16.4. The third-order valence-electron chi connectivity index (χ3n) is 3.74. The number of carboxylic acids is 1. The summed E-state index contributed by atoms with van der Waals surface area (Å²) in [4.78, 5) is 24.7. The van der Waals surface area contributed by atoms with Crippen LogP contribution >= 0.6 is 0 Å². The highest BCUT2D eigenvalue weighted by molar-refractivity contribution is 5.76. The minimum Gasteiger partial charge on any atom is -0.481 e. The van der Waals surface area contributed by atoms with Crippen LogP contribution in [0.25, 0.3) is 0 Å². The Morgan fingerprint density at radius 3 is 2.44 bits per heavy atom. The molecule has 2 aliphatic carbocycles. The summed E-state index contributed by atoms with van der Waals surface area (Å²) < 4.78 is 0. The van der Waals surface area contributed by atoms with Gasteiger partial charge in [-0.1, -0.05) is 0 Å². The molecule has 0 aromatic carbocycles. The summed E-state index contributed by atoms with van der Waals surface area (Å²) in [6.45, 7) is 3.46. The minimum absolute atomic E-state index is 0.0391. The van der Waals surface area contributed by atoms with E-state index in [1.165, 1.54) is 12.8 Å². The lowest BCUT2D eigenvalue weighted by atomic mass is 10.1. The van der Waals surface area contributed by atoms with Gasteiger partial charge in [-0.2, -0.15) is 0 Å². The number of nitrogens with zero attached hydrogens (tertiary/aromatic N) is 1. The summed E-state index contributed by atoms with van der Waals surface area (Å²) in [5.74, 6) is 0.191. The first-order chi connectivity index (χ1) is 8.60. The van der Waals surface area contributed by atoms with E-state index >= 15 is 0 Å². The van der Waals surface area contributed by atoms with Gasteiger partial charge in [0.15, 0.2) is 0 Å². The van der Waals surface area contributed by atoms with Crippen LogP contribution in [0.15, 0.2) is 0 Å². The number of carboxylic acid groups (broad SMARTS) is 1. The first-order valence-corrected chi connectivity index (χ1v) is 6.87. The zero-order valence-corrected chi connectivity index (χ0v) is 10.9. The number of aliphatic carboxylic acids is 1. The molecule has 18 heavy (non-hydrogen) atoms. The Morgan fingerprint density at radius 1 is 1.33 bits per heavy atom. The second-order valence-electron chi connectivity index (χ2n) is 5.47. The molecule has 2 rings (SSSR count). The summed E-state index contributed by atoms with van der Waals surface area (Å²) in [7, 11) is 0. The Kier molecular flexibility index (Phi) is 4.09. The van der Waals surface area contributed by atoms with E-state index in [1.54, 1.807) is 4.90 Å². The zero-order valence-electron chi connectivity index (χ0n) is 10.9. The molecule has 2 amide bonds. The van der Waals surface area contributed by atoms with Crippen LogP contribution in [0.5, 0.6) is 0 Å². The number of amides is 2. The summed E-state index contributed by atoms with van der Waals surface area (Å²) >= 11 is 0. The molecule has 0 saturated heterocycles. The smallest absolute Gasteiger partial charge is 0.317 e. The van der Waals surface area contributed by atoms with Crippen LogP contribution in [0.4, 0.5) is 4.79 Å². The predicted molar refractivity (Wildman–Crippen MR) is 67.3 cm³/mol. The van der Waals surface area contributed by atoms with Gasteiger partial charge in [0.05, 0.1) is 6.42 Å². The summed E-state index contributed by atoms with van der Waals surface area (Å²) in [6.07, 6.45) is 4.53. The molecule has 2 aliphatic rings. The first kappa shape index (κ1) is 13.2. The molecule has 0 heterocycles. The second-order valence-corrected chi connectivity index (χ2v) is 5.47. The zero-order chi connectivity index (χ0) is 13.1. The van der Waals surface area contributed by atoms with Crippen molar-refractivity contribution in [3.8, 4) is 0 Å². The van der Waals surface area contributed by atoms with Gasteiger partial charge in [-0.25, -0.2) is 4.79 Å². The maximum Gasteiger partial charge on any atom is 0.317 e. The molecule has 1 unspecified atom stereocenters. The molecule has 1 atom stereocenters. The van der Waals surface area contributed by atoms with Crippen molar-refractivity contribution in [3.63, 3.8) is 0 Å². The number of urea groups is 1. The van der Waals surface area contributed by atoms with E-state index < -0.39 is 5.97 Å². The molecule has 0 aliphatic heterocycles. The van der Waals surface area contributed by atoms with E-state index in [9.17, 15) is 9.59 Å². The molecule has 102 valence electrons. The van der Waals surface area contributed by atoms with E-state index in [-0.39, 0.29) is 18.5 Å². The molecule has 0 radical (unpaired) electrons. The lowest BCUT2D eigenvalue weighted by Crippen LogP contribution is -2.47. The third-order valence-corrected chi connectivity index (χ3v) is 3.74. The van der Waals surface area contributed by atoms with Gasteiger partial charge in [0.1, 0.15) is 0 Å². The minimum atomic E-state index is -0.836. The molecule has 2 N–H and O–H groups in total. The van der Waals surface area contributed by atoms with E-state index in [0.717, 1.165) is 19.4 Å². The molecule has 0 bridgehead atoms. The fourth-order valence-corrected chi connectivity index (χ4v) is 2.24. The maximum atomic E-state index is 12.1. The molecule has 0 aromatic heterocycles. The fourth-order valence-electron chi connectivity index (χ4n) is 2.24. The van der Waals surface area contributed by atoms with Crippen molar-refractivity contribution in [2.24, 2.45) is 11.8 Å². The largest absolute Gasteiger partial charge is 0.481 e. The van der Waals surface area contributed by atoms with Crippen LogP contribution in [-0.4, -0.2) is 41.1 Å². The van der Waals surface area contributed by atoms with Gasteiger partial charge in [0.2, 0.25) is 0 Å². The monoisotopic (exact) mass is 254 g/mol. The number of carbonyl (C=O) groups excluding carboxylic acids is 1. The second kappa shape index (κ2) is 5.59. The van der Waals surface area contributed by atoms with Crippen LogP contribution in [0.1, 0.15) is 39.0 Å². The van der Waals surface area contributed by atoms with E-state index in [0.29, 0.717) is 18.4 Å². The molecule has 0 aromatic rings. The summed E-state index contributed by atoms with van der Waals surface area (Å²) in [6, 6.07) is -0.286. The van der Waals surface area contributed by atoms with Crippen molar-refractivity contribution in [2.75, 3.05) is 13.1 Å². The number of hydrogen-bond donors (Lipinski definition) is 2. The number of nitrogens with one attached hydrogen (secondary N) is 1. The first-order valence-electron chi connectivity index (χ1n) is 6.87. The third kappa shape index (κ3) is 3.89. The molecule has 2 saturated carbocycles. The molecular weight excluding hydrogens is 232 g/mol. The van der Waals surface area contributed by atoms with Crippen LogP contribution in [-0.2, 0) is 4.79 Å². The van der Waals surface area contributed by atoms with E-state index in [4.69, 9.17) is 5.11 Å². The summed E-state index contributed by atoms with van der Waals surface area (Å²) in [5, 5.41) is 11.8. The molecule has 2 fully saturated rings. The number of rotatable bonds is 7. The van der Waals surface area contributed by atoms with Gasteiger partial charge in [-0.3, -0.25) is 4.79 Å². The predicted octanol–water partition coefficient (Wildman–Crippen LogP) is 1.68. The van der Waals surface area contributed by atoms with Crippen molar-refractivity contribution in [2.45, 2.75) is 45.1 Å². The van der Waals surface area contributed by atoms with Gasteiger partial charge < -0.3 is 15.3 Å². The lowest BCUT2D eigenvalue weighted by molar-refractivity contribution is -0.137. The Labute approximate surface area is 108 Å². The van der Waals surface area contributed by atoms with Crippen molar-refractivity contribution in [3.05, 3.63) is 0 Å². The molecule has 5 heteroatoms. The Balaban J connectivity index is 1.83. The van der Waals surface area contributed by atoms with Crippen LogP contribution in [0.3, 0.4) is 0 Å². The topological polar surface area (TPSA) is 69.6 Å². The van der Waals surface area contributed by atoms with E-state index in [1.807, 2.05) is 6.92 Å². The highest BCUT2D eigenvalue weighted by Crippen LogP contribution is 2.34. The number of hydrogen-bond acceptors (Lipinski definition) is 2. The molecular formula is C13H22N2O3. The SMILES string of the molecule is CCN(CC1CC1)C(=O)NC(CC(=O)O)C1CC1. The van der Waals surface area contributed by atoms with Crippen molar-refractivity contribution in [1.82, 2.24) is 10.2 Å². The van der Waals surface area contributed by atoms with Crippen LogP contribution in [0, 0.1) is 11.8 Å². The van der Waals surface area contributed by atoms with Crippen molar-refractivity contribution >= 4 is 12.0 Å². The molecule has 0 spiro atoms. The quantitative estimate of drug-likeness (QED) is 0.726. The van der Waals surface area contributed by atoms with Crippen LogP contribution < -0.4 is 5.32 Å². The van der Waals surface area contributed by atoms with Gasteiger partial charge in [-0.15, -0.1) is 0 Å². The Bertz CT molecular complexity index is 324. The standard InChI is InChI=1S/C13H22N2O3/c1-2-15(8-9-3-4-9)13(18)14-11(7-12(16)17)10-5-6-10/h9-11H,2-8H2,1H3,(H,14,18)(H,16,17). The Hall–Kier alpha value is -1.26. The normalized spacial score (nSPS) is 20.3. The summed E-state index contributed by atoms with van der Waals surface area (Å²) in [5.41, 5.74) is 0. The average molecular weight is 254 g/mol. The van der Waals surface area contributed by atoms with Gasteiger partial charge in [0, 0.05) is 19.1 Å². The maximum absolute atomic E-state index is 12.1. The fraction of sp³-hybridized carbons (Fsp3) is 0.846. The molecule has 5 nitrogen and oxygen atoms in total. The van der Waals surface area contributed by atoms with Crippen LogP contribution in [0.2, 0.25) is 0 Å². The van der Waals surface area contributed by atoms with E-state index in [2.05, 4.69) is 5.32 Å². The highest BCUT2D eigenvalue weighted by Gasteiger charge is 2.35. The lowest BCUT2D eigenvalue weighted by Gasteiger charge is -2.25. The Morgan fingerprint density at radius 2 is 2.00 bits per heavy atom. The van der Waals surface area contributed by atoms with Gasteiger partial charge in [-0.05, 0) is 44.4 Å². The van der Waals surface area contributed by atoms with Crippen molar-refractivity contribution < 1.29 is 14.7 Å².